The van der Waals surface area contributed by atoms with Crippen molar-refractivity contribution in [1.82, 2.24) is 15.2 Å². The van der Waals surface area contributed by atoms with Gasteiger partial charge in [-0.05, 0) is 31.2 Å². The Morgan fingerprint density at radius 1 is 1.26 bits per heavy atom. The number of carbonyl (C=O) groups is 1. The SMILES string of the molecule is CCOc1ccccc1-c1nc(SCC(=O)Nc2ccccc2C#N)n[nH]1. The Bertz CT molecular complexity index is 980. The zero-order chi connectivity index (χ0) is 19.1. The van der Waals surface area contributed by atoms with Gasteiger partial charge >= 0.3 is 0 Å². The molecule has 0 spiro atoms. The first-order valence-corrected chi connectivity index (χ1v) is 9.26. The van der Waals surface area contributed by atoms with Crippen molar-refractivity contribution >= 4 is 23.4 Å². The summed E-state index contributed by atoms with van der Waals surface area (Å²) in [6.07, 6.45) is 0. The molecule has 1 aromatic heterocycles. The van der Waals surface area contributed by atoms with Gasteiger partial charge in [-0.25, -0.2) is 4.98 Å². The van der Waals surface area contributed by atoms with Gasteiger partial charge in [-0.15, -0.1) is 5.10 Å². The van der Waals surface area contributed by atoms with Crippen LogP contribution >= 0.6 is 11.8 Å². The van der Waals surface area contributed by atoms with Gasteiger partial charge in [0.2, 0.25) is 11.1 Å². The number of benzene rings is 2. The van der Waals surface area contributed by atoms with E-state index in [1.807, 2.05) is 37.3 Å². The van der Waals surface area contributed by atoms with Crippen molar-refractivity contribution in [1.29, 1.82) is 5.26 Å². The lowest BCUT2D eigenvalue weighted by molar-refractivity contribution is -0.113. The number of aromatic amines is 1. The Balaban J connectivity index is 1.63. The van der Waals surface area contributed by atoms with Crippen molar-refractivity contribution in [2.75, 3.05) is 17.7 Å². The van der Waals surface area contributed by atoms with E-state index in [0.29, 0.717) is 28.8 Å². The number of amides is 1. The average Bonchev–Trinajstić information content (AvgIpc) is 3.16. The maximum absolute atomic E-state index is 12.1. The molecule has 7 nitrogen and oxygen atoms in total. The fourth-order valence-electron chi connectivity index (χ4n) is 2.38. The van der Waals surface area contributed by atoms with Gasteiger partial charge in [0, 0.05) is 0 Å². The number of nitrogens with zero attached hydrogens (tertiary/aromatic N) is 3. The fourth-order valence-corrected chi connectivity index (χ4v) is 2.98. The van der Waals surface area contributed by atoms with E-state index in [0.717, 1.165) is 11.3 Å². The predicted molar refractivity (Wildman–Crippen MR) is 103 cm³/mol. The number of para-hydroxylation sites is 2. The summed E-state index contributed by atoms with van der Waals surface area (Å²) in [5.41, 5.74) is 1.72. The number of ether oxygens (including phenoxy) is 1. The topological polar surface area (TPSA) is 104 Å². The molecule has 0 aliphatic heterocycles. The Kier molecular flexibility index (Phi) is 6.07. The molecular weight excluding hydrogens is 362 g/mol. The first-order chi connectivity index (χ1) is 13.2. The van der Waals surface area contributed by atoms with E-state index in [1.165, 1.54) is 11.8 Å². The summed E-state index contributed by atoms with van der Waals surface area (Å²) in [7, 11) is 0. The minimum absolute atomic E-state index is 0.129. The first kappa shape index (κ1) is 18.5. The Hall–Kier alpha value is -3.31. The smallest absolute Gasteiger partial charge is 0.234 e. The maximum atomic E-state index is 12.1. The highest BCUT2D eigenvalue weighted by Gasteiger charge is 2.13. The number of anilines is 1. The minimum Gasteiger partial charge on any atom is -0.493 e. The van der Waals surface area contributed by atoms with Crippen LogP contribution in [0.1, 0.15) is 12.5 Å². The molecule has 2 aromatic carbocycles. The van der Waals surface area contributed by atoms with Gasteiger partial charge in [0.25, 0.3) is 0 Å². The Morgan fingerprint density at radius 2 is 2.04 bits per heavy atom. The molecule has 0 aliphatic rings. The summed E-state index contributed by atoms with van der Waals surface area (Å²) in [6.45, 7) is 2.47. The van der Waals surface area contributed by atoms with Gasteiger partial charge in [0.15, 0.2) is 5.82 Å². The second-order valence-corrected chi connectivity index (χ2v) is 6.33. The van der Waals surface area contributed by atoms with Gasteiger partial charge in [-0.1, -0.05) is 36.0 Å². The molecule has 0 atom stereocenters. The molecule has 0 bridgehead atoms. The summed E-state index contributed by atoms with van der Waals surface area (Å²) in [6, 6.07) is 16.5. The lowest BCUT2D eigenvalue weighted by atomic mass is 10.2. The number of nitriles is 1. The summed E-state index contributed by atoms with van der Waals surface area (Å²) in [5, 5.41) is 19.3. The molecule has 1 amide bonds. The third-order valence-corrected chi connectivity index (χ3v) is 4.41. The van der Waals surface area contributed by atoms with Crippen molar-refractivity contribution in [3.05, 3.63) is 54.1 Å². The number of H-pyrrole nitrogens is 1. The molecule has 1 heterocycles. The highest BCUT2D eigenvalue weighted by Crippen LogP contribution is 2.28. The molecule has 3 rings (SSSR count). The lowest BCUT2D eigenvalue weighted by Gasteiger charge is -2.06. The summed E-state index contributed by atoms with van der Waals surface area (Å²) >= 11 is 1.21. The minimum atomic E-state index is -0.233. The number of nitrogens with one attached hydrogen (secondary N) is 2. The van der Waals surface area contributed by atoms with Crippen LogP contribution in [0, 0.1) is 11.3 Å². The molecule has 0 fully saturated rings. The van der Waals surface area contributed by atoms with E-state index in [1.54, 1.807) is 24.3 Å². The normalized spacial score (nSPS) is 10.2. The molecule has 27 heavy (non-hydrogen) atoms. The number of aromatic nitrogens is 3. The van der Waals surface area contributed by atoms with Crippen LogP contribution in [-0.4, -0.2) is 33.4 Å². The van der Waals surface area contributed by atoms with Crippen LogP contribution in [0.15, 0.2) is 53.7 Å². The standard InChI is InChI=1S/C19H17N5O2S/c1-2-26-16-10-6-4-8-14(16)18-22-19(24-23-18)27-12-17(25)21-15-9-5-3-7-13(15)11-20/h3-10H,2,12H2,1H3,(H,21,25)(H,22,23,24). The van der Waals surface area contributed by atoms with Crippen LogP contribution < -0.4 is 10.1 Å². The monoisotopic (exact) mass is 379 g/mol. The highest BCUT2D eigenvalue weighted by atomic mass is 32.2. The zero-order valence-electron chi connectivity index (χ0n) is 14.6. The van der Waals surface area contributed by atoms with E-state index in [9.17, 15) is 4.79 Å². The Morgan fingerprint density at radius 3 is 2.85 bits per heavy atom. The number of thioether (sulfide) groups is 1. The van der Waals surface area contributed by atoms with Crippen LogP contribution in [-0.2, 0) is 4.79 Å². The number of carbonyl (C=O) groups excluding carboxylic acids is 1. The summed E-state index contributed by atoms with van der Waals surface area (Å²) in [5.74, 6) is 1.20. The van der Waals surface area contributed by atoms with Crippen molar-refractivity contribution in [3.8, 4) is 23.2 Å². The van der Waals surface area contributed by atoms with Gasteiger partial charge < -0.3 is 10.1 Å². The van der Waals surface area contributed by atoms with Crippen LogP contribution in [0.3, 0.4) is 0 Å². The number of hydrogen-bond acceptors (Lipinski definition) is 6. The van der Waals surface area contributed by atoms with Crippen molar-refractivity contribution < 1.29 is 9.53 Å². The zero-order valence-corrected chi connectivity index (χ0v) is 15.4. The molecule has 0 radical (unpaired) electrons. The molecule has 3 aromatic rings. The number of hydrogen-bond donors (Lipinski definition) is 2. The summed E-state index contributed by atoms with van der Waals surface area (Å²) in [4.78, 5) is 16.6. The van der Waals surface area contributed by atoms with E-state index in [2.05, 4.69) is 20.5 Å². The first-order valence-electron chi connectivity index (χ1n) is 8.27. The van der Waals surface area contributed by atoms with Gasteiger partial charge in [0.1, 0.15) is 11.8 Å². The quantitative estimate of drug-likeness (QED) is 0.609. The molecular formula is C19H17N5O2S. The van der Waals surface area contributed by atoms with E-state index in [-0.39, 0.29) is 11.7 Å². The average molecular weight is 379 g/mol. The molecule has 8 heteroatoms. The molecule has 2 N–H and O–H groups in total. The van der Waals surface area contributed by atoms with Crippen molar-refractivity contribution in [3.63, 3.8) is 0 Å². The van der Waals surface area contributed by atoms with Crippen LogP contribution in [0.5, 0.6) is 5.75 Å². The van der Waals surface area contributed by atoms with Gasteiger partial charge in [-0.3, -0.25) is 9.89 Å². The van der Waals surface area contributed by atoms with Crippen molar-refractivity contribution in [2.24, 2.45) is 0 Å². The largest absolute Gasteiger partial charge is 0.493 e. The summed E-state index contributed by atoms with van der Waals surface area (Å²) < 4.78 is 5.60. The van der Waals surface area contributed by atoms with E-state index < -0.39 is 0 Å². The van der Waals surface area contributed by atoms with Gasteiger partial charge in [-0.2, -0.15) is 5.26 Å². The maximum Gasteiger partial charge on any atom is 0.234 e. The van der Waals surface area contributed by atoms with E-state index in [4.69, 9.17) is 10.00 Å². The van der Waals surface area contributed by atoms with Gasteiger partial charge in [0.05, 0.1) is 29.2 Å². The van der Waals surface area contributed by atoms with Crippen LogP contribution in [0.25, 0.3) is 11.4 Å². The molecule has 0 aliphatic carbocycles. The second kappa shape index (κ2) is 8.87. The predicted octanol–water partition coefficient (Wildman–Crippen LogP) is 3.47. The van der Waals surface area contributed by atoms with Crippen molar-refractivity contribution in [2.45, 2.75) is 12.1 Å². The lowest BCUT2D eigenvalue weighted by Crippen LogP contribution is -2.15. The van der Waals surface area contributed by atoms with Crippen LogP contribution in [0.2, 0.25) is 0 Å². The van der Waals surface area contributed by atoms with E-state index >= 15 is 0 Å². The molecule has 136 valence electrons. The van der Waals surface area contributed by atoms with Crippen LogP contribution in [0.4, 0.5) is 5.69 Å². The molecule has 0 unspecified atom stereocenters. The highest BCUT2D eigenvalue weighted by molar-refractivity contribution is 7.99. The Labute approximate surface area is 160 Å². The number of rotatable bonds is 7. The molecule has 0 saturated heterocycles. The fraction of sp³-hybridized carbons (Fsp3) is 0.158. The third kappa shape index (κ3) is 4.65. The second-order valence-electron chi connectivity index (χ2n) is 5.39. The third-order valence-electron chi connectivity index (χ3n) is 3.56. The molecule has 0 saturated carbocycles.